The van der Waals surface area contributed by atoms with E-state index in [9.17, 15) is 10.1 Å². The minimum atomic E-state index is -0.426. The lowest BCUT2D eigenvalue weighted by molar-refractivity contribution is -0.386. The largest absolute Gasteiger partial charge is 0.312 e. The lowest BCUT2D eigenvalue weighted by Gasteiger charge is -2.03. The van der Waals surface area contributed by atoms with Gasteiger partial charge in [-0.25, -0.2) is 9.97 Å². The predicted molar refractivity (Wildman–Crippen MR) is 79.9 cm³/mol. The van der Waals surface area contributed by atoms with Gasteiger partial charge in [0, 0.05) is 5.39 Å². The minimum Gasteiger partial charge on any atom is -0.258 e. The summed E-state index contributed by atoms with van der Waals surface area (Å²) in [5.41, 5.74) is 0.877. The van der Waals surface area contributed by atoms with E-state index in [0.29, 0.717) is 22.4 Å². The van der Waals surface area contributed by atoms with Crippen molar-refractivity contribution in [3.05, 3.63) is 43.9 Å². The average molecular weight is 324 g/mol. The van der Waals surface area contributed by atoms with Crippen molar-refractivity contribution in [1.29, 1.82) is 0 Å². The zero-order valence-corrected chi connectivity index (χ0v) is 12.8. The minimum absolute atomic E-state index is 0.0262. The molecule has 0 aliphatic carbocycles. The quantitative estimate of drug-likeness (QED) is 0.420. The van der Waals surface area contributed by atoms with Crippen LogP contribution in [0.5, 0.6) is 0 Å². The number of fused-ring (bicyclic) bond motifs is 1. The van der Waals surface area contributed by atoms with Crippen molar-refractivity contribution in [3.8, 4) is 0 Å². The molecular weight excluding hydrogens is 314 g/mol. The van der Waals surface area contributed by atoms with Crippen molar-refractivity contribution in [3.63, 3.8) is 0 Å². The molecule has 0 bridgehead atoms. The van der Waals surface area contributed by atoms with Gasteiger partial charge >= 0.3 is 5.69 Å². The van der Waals surface area contributed by atoms with E-state index in [2.05, 4.69) is 15.1 Å². The molecule has 3 aromatic heterocycles. The second-order valence-corrected chi connectivity index (χ2v) is 5.76. The summed E-state index contributed by atoms with van der Waals surface area (Å²) < 4.78 is 1.53. The van der Waals surface area contributed by atoms with Gasteiger partial charge in [-0.15, -0.1) is 11.3 Å². The first-order chi connectivity index (χ1) is 9.97. The monoisotopic (exact) mass is 323 g/mol. The Bertz CT molecular complexity index is 857. The summed E-state index contributed by atoms with van der Waals surface area (Å²) in [4.78, 5) is 20.0. The van der Waals surface area contributed by atoms with Crippen molar-refractivity contribution >= 4 is 38.8 Å². The van der Waals surface area contributed by atoms with Crippen molar-refractivity contribution < 1.29 is 4.92 Å². The summed E-state index contributed by atoms with van der Waals surface area (Å²) in [6, 6.07) is 1.86. The second kappa shape index (κ2) is 5.05. The molecule has 0 N–H and O–H groups in total. The van der Waals surface area contributed by atoms with E-state index < -0.39 is 4.92 Å². The molecule has 108 valence electrons. The van der Waals surface area contributed by atoms with Crippen LogP contribution < -0.4 is 0 Å². The van der Waals surface area contributed by atoms with Crippen molar-refractivity contribution in [2.75, 3.05) is 0 Å². The van der Waals surface area contributed by atoms with Crippen molar-refractivity contribution in [2.24, 2.45) is 0 Å². The first-order valence-electron chi connectivity index (χ1n) is 6.05. The zero-order chi connectivity index (χ0) is 15.1. The molecule has 0 atom stereocenters. The van der Waals surface area contributed by atoms with Crippen LogP contribution in [0.1, 0.15) is 17.2 Å². The number of hydrogen-bond acceptors (Lipinski definition) is 6. The molecule has 0 radical (unpaired) electrons. The van der Waals surface area contributed by atoms with Crippen molar-refractivity contribution in [1.82, 2.24) is 19.7 Å². The Labute approximate surface area is 128 Å². The zero-order valence-electron chi connectivity index (χ0n) is 11.2. The Morgan fingerprint density at radius 3 is 2.86 bits per heavy atom. The van der Waals surface area contributed by atoms with Gasteiger partial charge in [-0.3, -0.25) is 14.8 Å². The highest BCUT2D eigenvalue weighted by molar-refractivity contribution is 7.16. The fourth-order valence-electron chi connectivity index (χ4n) is 2.17. The summed E-state index contributed by atoms with van der Waals surface area (Å²) in [5, 5.41) is 18.3. The van der Waals surface area contributed by atoms with Gasteiger partial charge < -0.3 is 0 Å². The summed E-state index contributed by atoms with van der Waals surface area (Å²) in [7, 11) is 0. The molecule has 0 unspecified atom stereocenters. The number of nitrogens with zero attached hydrogens (tertiary/aromatic N) is 5. The van der Waals surface area contributed by atoms with Gasteiger partial charge in [0.1, 0.15) is 27.9 Å². The molecule has 7 nitrogen and oxygen atoms in total. The Morgan fingerprint density at radius 2 is 2.19 bits per heavy atom. The number of hydrogen-bond donors (Lipinski definition) is 0. The van der Waals surface area contributed by atoms with Crippen LogP contribution in [0.2, 0.25) is 5.15 Å². The Hall–Kier alpha value is -2.06. The SMILES string of the molecule is Cc1nn(Cc2nc(Cl)c3ccsc3n2)c(C)c1[N+](=O)[O-]. The van der Waals surface area contributed by atoms with E-state index in [1.807, 2.05) is 11.4 Å². The lowest BCUT2D eigenvalue weighted by atomic mass is 10.3. The maximum absolute atomic E-state index is 11.0. The Kier molecular flexibility index (Phi) is 3.34. The molecule has 3 rings (SSSR count). The van der Waals surface area contributed by atoms with Gasteiger partial charge in [-0.05, 0) is 25.3 Å². The molecule has 9 heteroatoms. The van der Waals surface area contributed by atoms with E-state index in [4.69, 9.17) is 11.6 Å². The third-order valence-electron chi connectivity index (χ3n) is 3.14. The number of nitro groups is 1. The number of rotatable bonds is 3. The third kappa shape index (κ3) is 2.36. The maximum atomic E-state index is 11.0. The van der Waals surface area contributed by atoms with Crippen LogP contribution in [0.15, 0.2) is 11.4 Å². The summed E-state index contributed by atoms with van der Waals surface area (Å²) in [5.74, 6) is 0.482. The van der Waals surface area contributed by atoms with E-state index in [1.54, 1.807) is 13.8 Å². The molecule has 3 aromatic rings. The average Bonchev–Trinajstić information content (AvgIpc) is 2.95. The second-order valence-electron chi connectivity index (χ2n) is 4.50. The van der Waals surface area contributed by atoms with Gasteiger partial charge in [-0.2, -0.15) is 5.10 Å². The highest BCUT2D eigenvalue weighted by atomic mass is 35.5. The van der Waals surface area contributed by atoms with Gasteiger partial charge in [0.25, 0.3) is 0 Å². The van der Waals surface area contributed by atoms with Gasteiger partial charge in [0.2, 0.25) is 0 Å². The number of halogens is 1. The normalized spacial score (nSPS) is 11.2. The first kappa shape index (κ1) is 13.9. The van der Waals surface area contributed by atoms with Crippen molar-refractivity contribution in [2.45, 2.75) is 20.4 Å². The maximum Gasteiger partial charge on any atom is 0.312 e. The lowest BCUT2D eigenvalue weighted by Crippen LogP contribution is -2.08. The first-order valence-corrected chi connectivity index (χ1v) is 7.31. The highest BCUT2D eigenvalue weighted by Gasteiger charge is 2.22. The van der Waals surface area contributed by atoms with Crippen LogP contribution >= 0.6 is 22.9 Å². The van der Waals surface area contributed by atoms with Gasteiger partial charge in [0.05, 0.1) is 4.92 Å². The molecule has 0 saturated heterocycles. The van der Waals surface area contributed by atoms with E-state index >= 15 is 0 Å². The van der Waals surface area contributed by atoms with E-state index in [1.165, 1.54) is 16.0 Å². The van der Waals surface area contributed by atoms with E-state index in [-0.39, 0.29) is 12.2 Å². The molecule has 0 fully saturated rings. The number of aryl methyl sites for hydroxylation is 1. The Morgan fingerprint density at radius 1 is 1.43 bits per heavy atom. The standard InChI is InChI=1S/C12H10ClN5O2S/c1-6-10(18(19)20)7(2)17(16-6)5-9-14-11(13)8-3-4-21-12(8)15-9/h3-4H,5H2,1-2H3. The molecule has 0 amide bonds. The molecule has 0 spiro atoms. The topological polar surface area (TPSA) is 86.7 Å². The molecule has 3 heterocycles. The number of aromatic nitrogens is 4. The molecule has 0 aliphatic rings. The van der Waals surface area contributed by atoms with E-state index in [0.717, 1.165) is 10.2 Å². The highest BCUT2D eigenvalue weighted by Crippen LogP contribution is 2.26. The summed E-state index contributed by atoms with van der Waals surface area (Å²) >= 11 is 7.58. The predicted octanol–water partition coefficient (Wildman–Crippen LogP) is 3.11. The summed E-state index contributed by atoms with van der Waals surface area (Å²) in [6.07, 6.45) is 0. The molecule has 21 heavy (non-hydrogen) atoms. The third-order valence-corrected chi connectivity index (χ3v) is 4.24. The summed E-state index contributed by atoms with van der Waals surface area (Å²) in [6.45, 7) is 3.51. The van der Waals surface area contributed by atoms with Crippen LogP contribution in [0.25, 0.3) is 10.2 Å². The van der Waals surface area contributed by atoms with Crippen LogP contribution in [0.3, 0.4) is 0 Å². The van der Waals surface area contributed by atoms with Gasteiger partial charge in [0.15, 0.2) is 5.82 Å². The van der Waals surface area contributed by atoms with Crippen LogP contribution in [-0.4, -0.2) is 24.7 Å². The fourth-order valence-corrected chi connectivity index (χ4v) is 3.26. The molecule has 0 aromatic carbocycles. The van der Waals surface area contributed by atoms with Gasteiger partial charge in [-0.1, -0.05) is 11.6 Å². The molecular formula is C12H10ClN5O2S. The number of thiophene rings is 1. The molecule has 0 aliphatic heterocycles. The van der Waals surface area contributed by atoms with Crippen LogP contribution in [0, 0.1) is 24.0 Å². The fraction of sp³-hybridized carbons (Fsp3) is 0.250. The Balaban J connectivity index is 2.02. The van der Waals surface area contributed by atoms with Crippen LogP contribution in [-0.2, 0) is 6.54 Å². The van der Waals surface area contributed by atoms with Crippen LogP contribution in [0.4, 0.5) is 5.69 Å². The smallest absolute Gasteiger partial charge is 0.258 e. The molecule has 0 saturated carbocycles.